The number of hydrogen-bond acceptors (Lipinski definition) is 8. The number of halogens is 2. The van der Waals surface area contributed by atoms with Crippen LogP contribution >= 0.6 is 11.6 Å². The van der Waals surface area contributed by atoms with Gasteiger partial charge in [0, 0.05) is 17.5 Å². The highest BCUT2D eigenvalue weighted by molar-refractivity contribution is 6.33. The van der Waals surface area contributed by atoms with Crippen molar-refractivity contribution in [2.45, 2.75) is 70.8 Å². The molecule has 2 aliphatic rings. The number of anilines is 1. The Balaban J connectivity index is 1.56. The summed E-state index contributed by atoms with van der Waals surface area (Å²) in [5, 5.41) is 24.8. The molecule has 2 saturated heterocycles. The molecule has 0 spiro atoms. The molecule has 2 fully saturated rings. The Morgan fingerprint density at radius 1 is 1.29 bits per heavy atom. The fourth-order valence-corrected chi connectivity index (χ4v) is 5.06. The van der Waals surface area contributed by atoms with Gasteiger partial charge in [-0.1, -0.05) is 18.5 Å². The number of aliphatic hydroxyl groups excluding tert-OH is 1. The van der Waals surface area contributed by atoms with E-state index in [-0.39, 0.29) is 28.4 Å². The minimum Gasteiger partial charge on any atom is -0.388 e. The van der Waals surface area contributed by atoms with Crippen LogP contribution < -0.4 is 5.32 Å². The topological polar surface area (TPSA) is 115 Å². The van der Waals surface area contributed by atoms with Crippen LogP contribution in [-0.4, -0.2) is 60.9 Å². The standard InChI is InChI=1S/C24H29ClFN5O4/c1-10(2)31-15-7-12(6-14(26)19(15)28-22(31)24(4,5)33)18-13(25)8-27-23(30-18)29-17-11(3)21-34-9-16(35-21)20(17)32/h6-8,10-11,16-17,20-21,32-33H,9H2,1-5H3,(H,27,29,30)/t11-,16-,17+,20+,21-/m0/s1. The van der Waals surface area contributed by atoms with Crippen molar-refractivity contribution in [3.63, 3.8) is 0 Å². The Labute approximate surface area is 207 Å². The number of nitrogens with zero attached hydrogens (tertiary/aromatic N) is 4. The number of fused-ring (bicyclic) bond motifs is 3. The molecule has 0 aliphatic carbocycles. The lowest BCUT2D eigenvalue weighted by atomic mass is 9.91. The molecule has 0 saturated carbocycles. The maximum atomic E-state index is 15.3. The van der Waals surface area contributed by atoms with Crippen molar-refractivity contribution in [3.8, 4) is 11.3 Å². The molecule has 0 unspecified atom stereocenters. The van der Waals surface area contributed by atoms with Gasteiger partial charge in [0.2, 0.25) is 5.95 Å². The van der Waals surface area contributed by atoms with Gasteiger partial charge in [-0.15, -0.1) is 0 Å². The molecule has 2 aliphatic heterocycles. The van der Waals surface area contributed by atoms with Gasteiger partial charge in [0.1, 0.15) is 29.2 Å². The lowest BCUT2D eigenvalue weighted by Crippen LogP contribution is -2.53. The van der Waals surface area contributed by atoms with Gasteiger partial charge in [0.25, 0.3) is 0 Å². The number of aliphatic hydroxyl groups is 2. The molecule has 0 amide bonds. The van der Waals surface area contributed by atoms with Crippen LogP contribution in [0.5, 0.6) is 0 Å². The second-order valence-corrected chi connectivity index (χ2v) is 10.5. The number of rotatable bonds is 5. The first-order valence-corrected chi connectivity index (χ1v) is 12.0. The van der Waals surface area contributed by atoms with E-state index in [0.717, 1.165) is 0 Å². The summed E-state index contributed by atoms with van der Waals surface area (Å²) in [6.07, 6.45) is -0.192. The summed E-state index contributed by atoms with van der Waals surface area (Å²) in [4.78, 5) is 13.2. The van der Waals surface area contributed by atoms with E-state index in [1.807, 2.05) is 25.3 Å². The molecule has 2 bridgehead atoms. The summed E-state index contributed by atoms with van der Waals surface area (Å²) in [6.45, 7) is 9.37. The third-order valence-electron chi connectivity index (χ3n) is 6.60. The van der Waals surface area contributed by atoms with Gasteiger partial charge < -0.3 is 29.6 Å². The van der Waals surface area contributed by atoms with Crippen molar-refractivity contribution in [1.82, 2.24) is 19.5 Å². The van der Waals surface area contributed by atoms with Gasteiger partial charge in [-0.2, -0.15) is 0 Å². The second-order valence-electron chi connectivity index (χ2n) is 10.1. The molecule has 3 aromatic rings. The van der Waals surface area contributed by atoms with Crippen molar-refractivity contribution in [2.24, 2.45) is 5.92 Å². The number of imidazole rings is 1. The number of aromatic nitrogens is 4. The van der Waals surface area contributed by atoms with Crippen molar-refractivity contribution in [1.29, 1.82) is 0 Å². The highest BCUT2D eigenvalue weighted by Gasteiger charge is 2.48. The van der Waals surface area contributed by atoms with Crippen molar-refractivity contribution >= 4 is 28.6 Å². The largest absolute Gasteiger partial charge is 0.388 e. The Bertz CT molecular complexity index is 1260. The molecule has 3 N–H and O–H groups in total. The van der Waals surface area contributed by atoms with Crippen LogP contribution in [0.2, 0.25) is 5.02 Å². The predicted molar refractivity (Wildman–Crippen MR) is 129 cm³/mol. The molecular formula is C24H29ClFN5O4. The number of hydrogen-bond donors (Lipinski definition) is 3. The van der Waals surface area contributed by atoms with Crippen LogP contribution in [0.3, 0.4) is 0 Å². The lowest BCUT2D eigenvalue weighted by Gasteiger charge is -2.37. The molecule has 2 aromatic heterocycles. The summed E-state index contributed by atoms with van der Waals surface area (Å²) < 4.78 is 28.3. The van der Waals surface area contributed by atoms with E-state index < -0.39 is 36.0 Å². The minimum absolute atomic E-state index is 0.0803. The van der Waals surface area contributed by atoms with Crippen LogP contribution in [0.1, 0.15) is 46.5 Å². The summed E-state index contributed by atoms with van der Waals surface area (Å²) in [6, 6.07) is 2.61. The van der Waals surface area contributed by atoms with Crippen LogP contribution in [0, 0.1) is 11.7 Å². The molecule has 0 radical (unpaired) electrons. The summed E-state index contributed by atoms with van der Waals surface area (Å²) in [5.41, 5.74) is 0.207. The Morgan fingerprint density at radius 3 is 2.71 bits per heavy atom. The molecule has 5 rings (SSSR count). The predicted octanol–water partition coefficient (Wildman–Crippen LogP) is 3.63. The molecular weight excluding hydrogens is 477 g/mol. The average Bonchev–Trinajstić information content (AvgIpc) is 3.40. The highest BCUT2D eigenvalue weighted by atomic mass is 35.5. The fourth-order valence-electron chi connectivity index (χ4n) is 4.86. The van der Waals surface area contributed by atoms with Crippen molar-refractivity contribution in [3.05, 3.63) is 35.0 Å². The molecule has 5 atom stereocenters. The van der Waals surface area contributed by atoms with Gasteiger partial charge in [-0.05, 0) is 39.8 Å². The Hall–Kier alpha value is -2.37. The van der Waals surface area contributed by atoms with E-state index in [0.29, 0.717) is 29.2 Å². The van der Waals surface area contributed by atoms with Crippen LogP contribution in [0.4, 0.5) is 10.3 Å². The SMILES string of the molecule is CC(C)n1c(C(C)(C)O)nc2c(F)cc(-c3nc(N[C@@H]4[C@H](C)[C@H]5OC[C@H](O5)[C@H]4O)ncc3Cl)cc21. The van der Waals surface area contributed by atoms with E-state index >= 15 is 4.39 Å². The highest BCUT2D eigenvalue weighted by Crippen LogP contribution is 2.36. The lowest BCUT2D eigenvalue weighted by molar-refractivity contribution is -0.154. The van der Waals surface area contributed by atoms with Crippen LogP contribution in [-0.2, 0) is 15.1 Å². The van der Waals surface area contributed by atoms with E-state index in [4.69, 9.17) is 21.1 Å². The zero-order chi connectivity index (χ0) is 25.2. The minimum atomic E-state index is -1.26. The van der Waals surface area contributed by atoms with E-state index in [9.17, 15) is 10.2 Å². The summed E-state index contributed by atoms with van der Waals surface area (Å²) in [5.74, 6) is -0.0830. The van der Waals surface area contributed by atoms with E-state index in [1.54, 1.807) is 19.9 Å². The maximum absolute atomic E-state index is 15.3. The van der Waals surface area contributed by atoms with Gasteiger partial charge >= 0.3 is 0 Å². The average molecular weight is 506 g/mol. The van der Waals surface area contributed by atoms with E-state index in [1.165, 1.54) is 12.3 Å². The normalized spacial score (nSPS) is 26.6. The van der Waals surface area contributed by atoms with Gasteiger partial charge in [-0.3, -0.25) is 0 Å². The van der Waals surface area contributed by atoms with Gasteiger partial charge in [0.05, 0.1) is 35.1 Å². The zero-order valence-corrected chi connectivity index (χ0v) is 20.9. The first-order chi connectivity index (χ1) is 16.5. The summed E-state index contributed by atoms with van der Waals surface area (Å²) in [7, 11) is 0. The van der Waals surface area contributed by atoms with Crippen LogP contribution in [0.15, 0.2) is 18.3 Å². The molecule has 4 heterocycles. The van der Waals surface area contributed by atoms with Gasteiger partial charge in [-0.25, -0.2) is 19.3 Å². The number of nitrogens with one attached hydrogen (secondary N) is 1. The fraction of sp³-hybridized carbons (Fsp3) is 0.542. The number of benzene rings is 1. The van der Waals surface area contributed by atoms with Gasteiger partial charge in [0.15, 0.2) is 12.1 Å². The first-order valence-electron chi connectivity index (χ1n) is 11.6. The third kappa shape index (κ3) is 4.17. The second kappa shape index (κ2) is 8.63. The molecule has 1 aromatic carbocycles. The third-order valence-corrected chi connectivity index (χ3v) is 6.88. The molecule has 188 valence electrons. The smallest absolute Gasteiger partial charge is 0.223 e. The molecule has 35 heavy (non-hydrogen) atoms. The Morgan fingerprint density at radius 2 is 2.03 bits per heavy atom. The quantitative estimate of drug-likeness (QED) is 0.481. The Kier molecular flexibility index (Phi) is 6.00. The number of ether oxygens (including phenoxy) is 2. The molecule has 11 heteroatoms. The van der Waals surface area contributed by atoms with Crippen molar-refractivity contribution in [2.75, 3.05) is 11.9 Å². The van der Waals surface area contributed by atoms with Crippen LogP contribution in [0.25, 0.3) is 22.3 Å². The first kappa shape index (κ1) is 24.3. The zero-order valence-electron chi connectivity index (χ0n) is 20.2. The van der Waals surface area contributed by atoms with E-state index in [2.05, 4.69) is 20.3 Å². The molecule has 9 nitrogen and oxygen atoms in total. The maximum Gasteiger partial charge on any atom is 0.223 e. The van der Waals surface area contributed by atoms with Crippen molar-refractivity contribution < 1.29 is 24.1 Å². The monoisotopic (exact) mass is 505 g/mol. The summed E-state index contributed by atoms with van der Waals surface area (Å²) >= 11 is 6.44.